The Kier molecular flexibility index (Phi) is 6.43. The third-order valence-electron chi connectivity index (χ3n) is 2.43. The molecule has 118 valence electrons. The second-order valence-electron chi connectivity index (χ2n) is 3.84. The largest absolute Gasteiger partial charge is 0.419 e. The maximum Gasteiger partial charge on any atom is 0.419 e. The van der Waals surface area contributed by atoms with Crippen molar-refractivity contribution in [3.63, 3.8) is 0 Å². The Labute approximate surface area is 124 Å². The van der Waals surface area contributed by atoms with E-state index in [-0.39, 0.29) is 24.5 Å². The van der Waals surface area contributed by atoms with Gasteiger partial charge in [0, 0.05) is 7.05 Å². The van der Waals surface area contributed by atoms with Crippen LogP contribution in [-0.2, 0) is 12.7 Å². The number of carbonyl (C=O) groups excluding carboxylic acids is 1. The summed E-state index contributed by atoms with van der Waals surface area (Å²) in [5.41, 5.74) is 3.73. The van der Waals surface area contributed by atoms with E-state index in [0.29, 0.717) is 17.0 Å². The Morgan fingerprint density at radius 1 is 1.43 bits per heavy atom. The lowest BCUT2D eigenvalue weighted by atomic mass is 10.1. The molecular weight excluding hydrogens is 316 g/mol. The van der Waals surface area contributed by atoms with Gasteiger partial charge in [0.1, 0.15) is 5.82 Å². The van der Waals surface area contributed by atoms with Crippen LogP contribution >= 0.6 is 12.4 Å². The van der Waals surface area contributed by atoms with E-state index in [0.717, 1.165) is 6.07 Å². The van der Waals surface area contributed by atoms with Crippen molar-refractivity contribution in [1.29, 1.82) is 5.41 Å². The monoisotopic (exact) mass is 328 g/mol. The molecule has 0 heterocycles. The summed E-state index contributed by atoms with van der Waals surface area (Å²) in [5, 5.41) is 9.39. The summed E-state index contributed by atoms with van der Waals surface area (Å²) >= 11 is 0. The fourth-order valence-electron chi connectivity index (χ4n) is 1.47. The molecule has 0 bridgehead atoms. The number of nitrogens with one attached hydrogen (secondary N) is 2. The summed E-state index contributed by atoms with van der Waals surface area (Å²) in [6.45, 7) is -0.377. The highest BCUT2D eigenvalue weighted by Gasteiger charge is 2.34. The Hall–Kier alpha value is -2.03. The van der Waals surface area contributed by atoms with Gasteiger partial charge in [-0.15, -0.1) is 12.4 Å². The van der Waals surface area contributed by atoms with Crippen LogP contribution in [0.1, 0.15) is 11.1 Å². The molecule has 0 aliphatic rings. The zero-order chi connectivity index (χ0) is 15.5. The zero-order valence-corrected chi connectivity index (χ0v) is 11.6. The number of hydrogen-bond donors (Lipinski definition) is 3. The summed E-state index contributed by atoms with van der Waals surface area (Å²) in [7, 11) is 1.28. The molecule has 0 aliphatic heterocycles. The van der Waals surface area contributed by atoms with Gasteiger partial charge in [-0.2, -0.15) is 13.2 Å². The molecule has 0 fully saturated rings. The molecule has 4 N–H and O–H groups in total. The van der Waals surface area contributed by atoms with Gasteiger partial charge in [0.2, 0.25) is 0 Å². The number of amides is 2. The summed E-state index contributed by atoms with van der Waals surface area (Å²) in [4.78, 5) is 12.1. The molecule has 5 nitrogen and oxygen atoms in total. The van der Waals surface area contributed by atoms with Gasteiger partial charge in [0.05, 0.1) is 12.1 Å². The number of hydrogen-bond acceptors (Lipinski definition) is 2. The van der Waals surface area contributed by atoms with Crippen molar-refractivity contribution in [3.05, 3.63) is 35.1 Å². The highest BCUT2D eigenvalue weighted by atomic mass is 35.5. The molecule has 0 saturated heterocycles. The van der Waals surface area contributed by atoms with Crippen molar-refractivity contribution >= 4 is 24.4 Å². The van der Waals surface area contributed by atoms with Gasteiger partial charge in [-0.1, -0.05) is 6.07 Å². The molecule has 0 aromatic heterocycles. The van der Waals surface area contributed by atoms with Gasteiger partial charge in [-0.3, -0.25) is 10.3 Å². The van der Waals surface area contributed by atoms with Crippen LogP contribution < -0.4 is 11.1 Å². The second kappa shape index (κ2) is 7.11. The maximum absolute atomic E-state index is 13.1. The molecule has 10 heteroatoms. The van der Waals surface area contributed by atoms with Crippen LogP contribution in [0.4, 0.5) is 22.4 Å². The molecular formula is C11H13ClF4N4O. The number of carbonyl (C=O) groups is 1. The van der Waals surface area contributed by atoms with Crippen molar-refractivity contribution in [2.45, 2.75) is 12.7 Å². The lowest BCUT2D eigenvalue weighted by molar-refractivity contribution is -0.140. The van der Waals surface area contributed by atoms with Crippen LogP contribution in [0.3, 0.4) is 0 Å². The van der Waals surface area contributed by atoms with Crippen molar-refractivity contribution in [1.82, 2.24) is 10.2 Å². The molecule has 0 unspecified atom stereocenters. The van der Waals surface area contributed by atoms with E-state index < -0.39 is 29.5 Å². The standard InChI is InChI=1S/C11H12F4N4O.ClH/c1-18-10(20)19(9(16)17)5-6-2-3-8(12)7(4-6)11(13,14)15;/h2-4H,5H2,1H3,(H3,16,17)(H,18,20);1H. The van der Waals surface area contributed by atoms with Crippen LogP contribution in [0.5, 0.6) is 0 Å². The number of benzene rings is 1. The predicted molar refractivity (Wildman–Crippen MR) is 70.6 cm³/mol. The molecule has 21 heavy (non-hydrogen) atoms. The number of urea groups is 1. The highest BCUT2D eigenvalue weighted by Crippen LogP contribution is 2.32. The maximum atomic E-state index is 13.1. The average molecular weight is 329 g/mol. The minimum atomic E-state index is -4.84. The fourth-order valence-corrected chi connectivity index (χ4v) is 1.47. The summed E-state index contributed by atoms with van der Waals surface area (Å²) < 4.78 is 50.8. The molecule has 0 radical (unpaired) electrons. The topological polar surface area (TPSA) is 82.2 Å². The van der Waals surface area contributed by atoms with Crippen LogP contribution in [-0.4, -0.2) is 23.9 Å². The van der Waals surface area contributed by atoms with Crippen molar-refractivity contribution in [2.24, 2.45) is 5.73 Å². The quantitative estimate of drug-likeness (QED) is 0.442. The molecule has 0 saturated carbocycles. The number of halogens is 5. The summed E-state index contributed by atoms with van der Waals surface area (Å²) in [6, 6.07) is 1.56. The van der Waals surface area contributed by atoms with Gasteiger partial charge in [0.25, 0.3) is 0 Å². The second-order valence-corrected chi connectivity index (χ2v) is 3.84. The molecule has 2 amide bonds. The molecule has 1 rings (SSSR count). The molecule has 0 atom stereocenters. The number of rotatable bonds is 2. The van der Waals surface area contributed by atoms with Gasteiger partial charge in [0.15, 0.2) is 5.96 Å². The van der Waals surface area contributed by atoms with E-state index in [1.807, 2.05) is 0 Å². The van der Waals surface area contributed by atoms with Crippen LogP contribution in [0.2, 0.25) is 0 Å². The minimum Gasteiger partial charge on any atom is -0.370 e. The number of nitrogens with two attached hydrogens (primary N) is 1. The van der Waals surface area contributed by atoms with E-state index >= 15 is 0 Å². The molecule has 0 aliphatic carbocycles. The SMILES string of the molecule is CNC(=O)N(Cc1ccc(F)c(C(F)(F)F)c1)C(=N)N.Cl. The summed E-state index contributed by atoms with van der Waals surface area (Å²) in [6.07, 6.45) is -4.84. The lowest BCUT2D eigenvalue weighted by Gasteiger charge is -2.20. The van der Waals surface area contributed by atoms with Crippen LogP contribution in [0.15, 0.2) is 18.2 Å². The number of alkyl halides is 3. The average Bonchev–Trinajstić information content (AvgIpc) is 2.35. The molecule has 0 spiro atoms. The first-order valence-electron chi connectivity index (χ1n) is 5.35. The molecule has 1 aromatic carbocycles. The highest BCUT2D eigenvalue weighted by molar-refractivity contribution is 5.93. The van der Waals surface area contributed by atoms with E-state index in [4.69, 9.17) is 11.1 Å². The van der Waals surface area contributed by atoms with Crippen molar-refractivity contribution in [2.75, 3.05) is 7.05 Å². The minimum absolute atomic E-state index is 0. The van der Waals surface area contributed by atoms with Gasteiger partial charge in [-0.25, -0.2) is 9.18 Å². The first kappa shape index (κ1) is 19.0. The number of nitrogens with zero attached hydrogens (tertiary/aromatic N) is 1. The van der Waals surface area contributed by atoms with Gasteiger partial charge >= 0.3 is 12.2 Å². The van der Waals surface area contributed by atoms with Crippen molar-refractivity contribution in [3.8, 4) is 0 Å². The first-order valence-corrected chi connectivity index (χ1v) is 5.35. The lowest BCUT2D eigenvalue weighted by Crippen LogP contribution is -2.45. The Balaban J connectivity index is 0.00000400. The predicted octanol–water partition coefficient (Wildman–Crippen LogP) is 2.30. The van der Waals surface area contributed by atoms with E-state index in [9.17, 15) is 22.4 Å². The third kappa shape index (κ3) is 4.78. The van der Waals surface area contributed by atoms with E-state index in [1.54, 1.807) is 0 Å². The zero-order valence-electron chi connectivity index (χ0n) is 10.8. The normalized spacial score (nSPS) is 10.5. The fraction of sp³-hybridized carbons (Fsp3) is 0.273. The van der Waals surface area contributed by atoms with Crippen LogP contribution in [0, 0.1) is 11.2 Å². The molecule has 1 aromatic rings. The van der Waals surface area contributed by atoms with Crippen molar-refractivity contribution < 1.29 is 22.4 Å². The van der Waals surface area contributed by atoms with E-state index in [2.05, 4.69) is 5.32 Å². The Morgan fingerprint density at radius 3 is 2.43 bits per heavy atom. The van der Waals surface area contributed by atoms with Gasteiger partial charge in [-0.05, 0) is 17.7 Å². The summed E-state index contributed by atoms with van der Waals surface area (Å²) in [5.74, 6) is -2.04. The van der Waals surface area contributed by atoms with Gasteiger partial charge < -0.3 is 11.1 Å². The first-order chi connectivity index (χ1) is 9.16. The third-order valence-corrected chi connectivity index (χ3v) is 2.43. The Bertz CT molecular complexity index is 535. The van der Waals surface area contributed by atoms with E-state index in [1.165, 1.54) is 7.05 Å². The number of guanidine groups is 1. The smallest absolute Gasteiger partial charge is 0.370 e. The van der Waals surface area contributed by atoms with Crippen LogP contribution in [0.25, 0.3) is 0 Å². The Morgan fingerprint density at radius 2 is 2.00 bits per heavy atom.